The van der Waals surface area contributed by atoms with Crippen molar-refractivity contribution in [1.82, 2.24) is 9.21 Å². The second-order valence-electron chi connectivity index (χ2n) is 8.04. The Bertz CT molecular complexity index is 843. The molecule has 0 radical (unpaired) electrons. The van der Waals surface area contributed by atoms with E-state index in [1.165, 1.54) is 35.0 Å². The SMILES string of the molecule is CCN(C(=O)COC(=O)c1cccc(S(=O)(=O)N2CCCCC2)c1)C1CCCCC1. The molecule has 1 saturated heterocycles. The number of hydrogen-bond acceptors (Lipinski definition) is 5. The van der Waals surface area contributed by atoms with Crippen LogP contribution in [0.1, 0.15) is 68.6 Å². The van der Waals surface area contributed by atoms with Crippen LogP contribution in [0, 0.1) is 0 Å². The summed E-state index contributed by atoms with van der Waals surface area (Å²) >= 11 is 0. The van der Waals surface area contributed by atoms with Crippen molar-refractivity contribution in [1.29, 1.82) is 0 Å². The van der Waals surface area contributed by atoms with E-state index in [2.05, 4.69) is 0 Å². The number of ether oxygens (including phenoxy) is 1. The second-order valence-corrected chi connectivity index (χ2v) is 9.98. The molecule has 1 aromatic carbocycles. The first-order chi connectivity index (χ1) is 14.4. The van der Waals surface area contributed by atoms with Gasteiger partial charge in [-0.3, -0.25) is 4.79 Å². The summed E-state index contributed by atoms with van der Waals surface area (Å²) in [6.07, 6.45) is 8.14. The van der Waals surface area contributed by atoms with Crippen molar-refractivity contribution < 1.29 is 22.7 Å². The summed E-state index contributed by atoms with van der Waals surface area (Å²) in [5.74, 6) is -0.881. The topological polar surface area (TPSA) is 84.0 Å². The fourth-order valence-corrected chi connectivity index (χ4v) is 5.93. The Morgan fingerprint density at radius 1 is 1.07 bits per heavy atom. The van der Waals surface area contributed by atoms with Gasteiger partial charge in [-0.05, 0) is 50.8 Å². The number of nitrogens with zero attached hydrogens (tertiary/aromatic N) is 2. The summed E-state index contributed by atoms with van der Waals surface area (Å²) in [7, 11) is -3.63. The first-order valence-corrected chi connectivity index (χ1v) is 12.4. The molecule has 0 bridgehead atoms. The van der Waals surface area contributed by atoms with Crippen molar-refractivity contribution in [3.8, 4) is 0 Å². The first-order valence-electron chi connectivity index (χ1n) is 11.0. The van der Waals surface area contributed by atoms with Crippen LogP contribution in [0.25, 0.3) is 0 Å². The number of hydrogen-bond donors (Lipinski definition) is 0. The van der Waals surface area contributed by atoms with Crippen LogP contribution in [0.5, 0.6) is 0 Å². The molecule has 1 saturated carbocycles. The number of sulfonamides is 1. The molecule has 1 amide bonds. The van der Waals surface area contributed by atoms with Crippen molar-refractivity contribution in [2.45, 2.75) is 69.2 Å². The van der Waals surface area contributed by atoms with E-state index in [1.807, 2.05) is 6.92 Å². The van der Waals surface area contributed by atoms with E-state index in [9.17, 15) is 18.0 Å². The number of carbonyl (C=O) groups excluding carboxylic acids is 2. The highest BCUT2D eigenvalue weighted by atomic mass is 32.2. The lowest BCUT2D eigenvalue weighted by Crippen LogP contribution is -2.43. The molecule has 1 aliphatic heterocycles. The van der Waals surface area contributed by atoms with Gasteiger partial charge in [0.05, 0.1) is 10.5 Å². The number of piperidine rings is 1. The predicted octanol–water partition coefficient (Wildman–Crippen LogP) is 3.20. The molecule has 0 unspecified atom stereocenters. The second kappa shape index (κ2) is 10.4. The number of likely N-dealkylation sites (N-methyl/N-ethyl adjacent to an activating group) is 1. The fraction of sp³-hybridized carbons (Fsp3) is 0.636. The van der Waals surface area contributed by atoms with E-state index in [0.29, 0.717) is 19.6 Å². The van der Waals surface area contributed by atoms with E-state index >= 15 is 0 Å². The van der Waals surface area contributed by atoms with Crippen LogP contribution in [0.4, 0.5) is 0 Å². The lowest BCUT2D eigenvalue weighted by atomic mass is 9.94. The molecule has 8 heteroatoms. The molecule has 0 atom stereocenters. The minimum absolute atomic E-state index is 0.0857. The quantitative estimate of drug-likeness (QED) is 0.613. The normalized spacial score (nSPS) is 18.7. The first kappa shape index (κ1) is 22.7. The monoisotopic (exact) mass is 436 g/mol. The number of benzene rings is 1. The maximum atomic E-state index is 12.8. The summed E-state index contributed by atoms with van der Waals surface area (Å²) in [4.78, 5) is 27.0. The molecule has 1 heterocycles. The molecule has 2 fully saturated rings. The summed E-state index contributed by atoms with van der Waals surface area (Å²) in [5.41, 5.74) is 0.140. The molecule has 1 aromatic rings. The van der Waals surface area contributed by atoms with E-state index in [-0.39, 0.29) is 29.0 Å². The van der Waals surface area contributed by atoms with Crippen LogP contribution in [-0.4, -0.2) is 61.8 Å². The third-order valence-corrected chi connectivity index (χ3v) is 7.92. The van der Waals surface area contributed by atoms with Crippen LogP contribution in [0.3, 0.4) is 0 Å². The fourth-order valence-electron chi connectivity index (χ4n) is 4.36. The maximum Gasteiger partial charge on any atom is 0.338 e. The Hall–Kier alpha value is -1.93. The van der Waals surface area contributed by atoms with Gasteiger partial charge in [0.1, 0.15) is 0 Å². The summed E-state index contributed by atoms with van der Waals surface area (Å²) in [6, 6.07) is 6.10. The largest absolute Gasteiger partial charge is 0.452 e. The number of amides is 1. The van der Waals surface area contributed by atoms with Crippen LogP contribution < -0.4 is 0 Å². The van der Waals surface area contributed by atoms with Gasteiger partial charge in [0.25, 0.3) is 5.91 Å². The minimum Gasteiger partial charge on any atom is -0.452 e. The molecular weight excluding hydrogens is 404 g/mol. The van der Waals surface area contributed by atoms with Gasteiger partial charge < -0.3 is 9.64 Å². The molecule has 0 spiro atoms. The van der Waals surface area contributed by atoms with Crippen molar-refractivity contribution in [2.75, 3.05) is 26.2 Å². The van der Waals surface area contributed by atoms with Gasteiger partial charge >= 0.3 is 5.97 Å². The van der Waals surface area contributed by atoms with Crippen LogP contribution in [0.15, 0.2) is 29.2 Å². The number of esters is 1. The Labute approximate surface area is 179 Å². The van der Waals surface area contributed by atoms with Crippen LogP contribution >= 0.6 is 0 Å². The van der Waals surface area contributed by atoms with Gasteiger partial charge in [0.2, 0.25) is 10.0 Å². The molecule has 2 aliphatic rings. The zero-order valence-electron chi connectivity index (χ0n) is 17.7. The molecule has 0 N–H and O–H groups in total. The summed E-state index contributed by atoms with van der Waals surface area (Å²) in [6.45, 7) is 3.19. The third kappa shape index (κ3) is 5.40. The highest BCUT2D eigenvalue weighted by molar-refractivity contribution is 7.89. The van der Waals surface area contributed by atoms with Gasteiger partial charge in [-0.25, -0.2) is 13.2 Å². The van der Waals surface area contributed by atoms with E-state index in [1.54, 1.807) is 4.90 Å². The van der Waals surface area contributed by atoms with Gasteiger partial charge in [-0.15, -0.1) is 0 Å². The number of rotatable bonds is 7. The average molecular weight is 437 g/mol. The standard InChI is InChI=1S/C22H32N2O5S/c1-2-24(19-11-5-3-6-12-19)21(25)17-29-22(26)18-10-9-13-20(16-18)30(27,28)23-14-7-4-8-15-23/h9-10,13,16,19H,2-8,11-12,14-15,17H2,1H3. The van der Waals surface area contributed by atoms with Gasteiger partial charge in [0.15, 0.2) is 6.61 Å². The van der Waals surface area contributed by atoms with Crippen molar-refractivity contribution in [3.63, 3.8) is 0 Å². The minimum atomic E-state index is -3.63. The molecule has 166 valence electrons. The Morgan fingerprint density at radius 2 is 1.73 bits per heavy atom. The van der Waals surface area contributed by atoms with Crippen molar-refractivity contribution in [2.24, 2.45) is 0 Å². The molecular formula is C22H32N2O5S. The van der Waals surface area contributed by atoms with Gasteiger partial charge in [-0.1, -0.05) is 31.7 Å². The predicted molar refractivity (Wildman–Crippen MR) is 114 cm³/mol. The third-order valence-electron chi connectivity index (χ3n) is 6.03. The molecule has 7 nitrogen and oxygen atoms in total. The van der Waals surface area contributed by atoms with Crippen LogP contribution in [-0.2, 0) is 19.6 Å². The highest BCUT2D eigenvalue weighted by Crippen LogP contribution is 2.23. The summed E-state index contributed by atoms with van der Waals surface area (Å²) < 4.78 is 32.4. The molecule has 0 aromatic heterocycles. The Morgan fingerprint density at radius 3 is 2.40 bits per heavy atom. The Kier molecular flexibility index (Phi) is 7.88. The van der Waals surface area contributed by atoms with Crippen molar-refractivity contribution in [3.05, 3.63) is 29.8 Å². The molecule has 30 heavy (non-hydrogen) atoms. The smallest absolute Gasteiger partial charge is 0.338 e. The van der Waals surface area contributed by atoms with E-state index < -0.39 is 16.0 Å². The number of carbonyl (C=O) groups is 2. The zero-order valence-corrected chi connectivity index (χ0v) is 18.5. The molecule has 3 rings (SSSR count). The van der Waals surface area contributed by atoms with Gasteiger partial charge in [-0.2, -0.15) is 4.31 Å². The van der Waals surface area contributed by atoms with E-state index in [4.69, 9.17) is 4.74 Å². The highest BCUT2D eigenvalue weighted by Gasteiger charge is 2.27. The van der Waals surface area contributed by atoms with Crippen molar-refractivity contribution >= 4 is 21.9 Å². The van der Waals surface area contributed by atoms with Gasteiger partial charge in [0, 0.05) is 25.7 Å². The summed E-state index contributed by atoms with van der Waals surface area (Å²) in [5, 5.41) is 0. The zero-order chi connectivity index (χ0) is 21.6. The lowest BCUT2D eigenvalue weighted by molar-refractivity contribution is -0.137. The average Bonchev–Trinajstić information content (AvgIpc) is 2.79. The van der Waals surface area contributed by atoms with Crippen LogP contribution in [0.2, 0.25) is 0 Å². The van der Waals surface area contributed by atoms with E-state index in [0.717, 1.165) is 44.9 Å². The maximum absolute atomic E-state index is 12.8. The lowest BCUT2D eigenvalue weighted by Gasteiger charge is -2.33. The Balaban J connectivity index is 1.62. The molecule has 1 aliphatic carbocycles.